The maximum absolute atomic E-state index is 11.7. The lowest BCUT2D eigenvalue weighted by Gasteiger charge is -2.27. The van der Waals surface area contributed by atoms with Crippen molar-refractivity contribution in [3.63, 3.8) is 0 Å². The third kappa shape index (κ3) is 2.29. The van der Waals surface area contributed by atoms with Crippen molar-refractivity contribution in [1.82, 2.24) is 4.57 Å². The van der Waals surface area contributed by atoms with Crippen molar-refractivity contribution < 1.29 is 4.42 Å². The van der Waals surface area contributed by atoms with E-state index in [-0.39, 0.29) is 11.8 Å². The Bertz CT molecular complexity index is 650. The molecular formula is C16H22N2O2. The van der Waals surface area contributed by atoms with E-state index in [4.69, 9.17) is 10.2 Å². The molecule has 1 unspecified atom stereocenters. The van der Waals surface area contributed by atoms with Gasteiger partial charge in [-0.15, -0.1) is 0 Å². The molecule has 3 rings (SSSR count). The first-order valence-corrected chi connectivity index (χ1v) is 7.59. The Kier molecular flexibility index (Phi) is 3.66. The third-order valence-corrected chi connectivity index (χ3v) is 4.55. The maximum atomic E-state index is 11.7. The minimum atomic E-state index is -0.286. The second-order valence-electron chi connectivity index (χ2n) is 5.76. The van der Waals surface area contributed by atoms with E-state index in [0.29, 0.717) is 18.0 Å². The van der Waals surface area contributed by atoms with Crippen LogP contribution in [0, 0.1) is 5.92 Å². The van der Waals surface area contributed by atoms with Crippen molar-refractivity contribution in [3.8, 4) is 0 Å². The Labute approximate surface area is 118 Å². The number of hydrogen-bond acceptors (Lipinski definition) is 3. The van der Waals surface area contributed by atoms with Gasteiger partial charge in [0.15, 0.2) is 5.58 Å². The van der Waals surface area contributed by atoms with Gasteiger partial charge in [-0.05, 0) is 43.4 Å². The maximum Gasteiger partial charge on any atom is 0.419 e. The van der Waals surface area contributed by atoms with E-state index in [0.717, 1.165) is 11.1 Å². The first kappa shape index (κ1) is 13.4. The molecule has 1 aliphatic carbocycles. The summed E-state index contributed by atoms with van der Waals surface area (Å²) in [7, 11) is 0. The van der Waals surface area contributed by atoms with Crippen LogP contribution in [0.1, 0.15) is 50.6 Å². The number of hydrogen-bond donors (Lipinski definition) is 1. The zero-order chi connectivity index (χ0) is 14.1. The summed E-state index contributed by atoms with van der Waals surface area (Å²) in [6.45, 7) is 2.57. The molecule has 4 heteroatoms. The van der Waals surface area contributed by atoms with Gasteiger partial charge in [0, 0.05) is 12.6 Å². The molecule has 0 bridgehead atoms. The number of benzene rings is 1. The van der Waals surface area contributed by atoms with Crippen LogP contribution in [-0.2, 0) is 6.54 Å². The van der Waals surface area contributed by atoms with E-state index in [1.165, 1.54) is 32.1 Å². The molecule has 1 fully saturated rings. The topological polar surface area (TPSA) is 61.2 Å². The molecule has 1 aromatic heterocycles. The predicted molar refractivity (Wildman–Crippen MR) is 79.7 cm³/mol. The van der Waals surface area contributed by atoms with Gasteiger partial charge in [0.1, 0.15) is 0 Å². The van der Waals surface area contributed by atoms with Crippen LogP contribution in [0.15, 0.2) is 27.4 Å². The zero-order valence-electron chi connectivity index (χ0n) is 12.0. The van der Waals surface area contributed by atoms with Gasteiger partial charge in [-0.1, -0.05) is 25.3 Å². The molecule has 0 radical (unpaired) electrons. The summed E-state index contributed by atoms with van der Waals surface area (Å²) in [5.74, 6) is 0.270. The average molecular weight is 274 g/mol. The summed E-state index contributed by atoms with van der Waals surface area (Å²) in [4.78, 5) is 11.7. The van der Waals surface area contributed by atoms with Crippen molar-refractivity contribution in [2.24, 2.45) is 11.7 Å². The zero-order valence-corrected chi connectivity index (χ0v) is 12.0. The fourth-order valence-electron chi connectivity index (χ4n) is 3.36. The average Bonchev–Trinajstić information content (AvgIpc) is 2.81. The number of fused-ring (bicyclic) bond motifs is 1. The van der Waals surface area contributed by atoms with E-state index in [1.807, 2.05) is 25.1 Å². The van der Waals surface area contributed by atoms with Gasteiger partial charge < -0.3 is 10.2 Å². The summed E-state index contributed by atoms with van der Waals surface area (Å²) >= 11 is 0. The number of oxazole rings is 1. The standard InChI is InChI=1S/C16H22N2O2/c1-2-18-13-9-8-12(10-14(13)20-16(18)19)15(17)11-6-4-3-5-7-11/h8-11,15H,2-7,17H2,1H3. The number of aryl methyl sites for hydroxylation is 1. The molecule has 2 N–H and O–H groups in total. The van der Waals surface area contributed by atoms with E-state index in [9.17, 15) is 4.79 Å². The summed E-state index contributed by atoms with van der Waals surface area (Å²) in [6.07, 6.45) is 6.30. The predicted octanol–water partition coefficient (Wildman–Crippen LogP) is 3.19. The number of aromatic nitrogens is 1. The number of rotatable bonds is 3. The first-order valence-electron chi connectivity index (χ1n) is 7.59. The highest BCUT2D eigenvalue weighted by atomic mass is 16.4. The van der Waals surface area contributed by atoms with Crippen LogP contribution >= 0.6 is 0 Å². The SMILES string of the molecule is CCn1c(=O)oc2cc(C(N)C3CCCCC3)ccc21. The lowest BCUT2D eigenvalue weighted by Crippen LogP contribution is -2.23. The van der Waals surface area contributed by atoms with Gasteiger partial charge in [-0.2, -0.15) is 0 Å². The molecule has 4 nitrogen and oxygen atoms in total. The molecule has 2 aromatic rings. The van der Waals surface area contributed by atoms with Crippen LogP contribution in [0.25, 0.3) is 11.1 Å². The van der Waals surface area contributed by atoms with Gasteiger partial charge in [0.05, 0.1) is 5.52 Å². The van der Waals surface area contributed by atoms with Crippen molar-refractivity contribution in [2.75, 3.05) is 0 Å². The van der Waals surface area contributed by atoms with E-state index >= 15 is 0 Å². The second-order valence-corrected chi connectivity index (χ2v) is 5.76. The molecule has 1 aliphatic rings. The molecule has 0 aliphatic heterocycles. The molecule has 0 amide bonds. The van der Waals surface area contributed by atoms with Gasteiger partial charge in [0.25, 0.3) is 0 Å². The Morgan fingerprint density at radius 2 is 2.10 bits per heavy atom. The molecule has 1 atom stereocenters. The Balaban J connectivity index is 1.94. The molecule has 1 heterocycles. The highest BCUT2D eigenvalue weighted by Crippen LogP contribution is 2.33. The Hall–Kier alpha value is -1.55. The van der Waals surface area contributed by atoms with E-state index in [1.54, 1.807) is 4.57 Å². The van der Waals surface area contributed by atoms with Crippen molar-refractivity contribution in [1.29, 1.82) is 0 Å². The van der Waals surface area contributed by atoms with Crippen LogP contribution in [0.4, 0.5) is 0 Å². The quantitative estimate of drug-likeness (QED) is 0.935. The monoisotopic (exact) mass is 274 g/mol. The third-order valence-electron chi connectivity index (χ3n) is 4.55. The molecule has 1 saturated carbocycles. The summed E-state index contributed by atoms with van der Waals surface area (Å²) in [6, 6.07) is 6.00. The molecule has 1 aromatic carbocycles. The minimum absolute atomic E-state index is 0.0509. The summed E-state index contributed by atoms with van der Waals surface area (Å²) in [5, 5.41) is 0. The van der Waals surface area contributed by atoms with Crippen LogP contribution in [-0.4, -0.2) is 4.57 Å². The Morgan fingerprint density at radius 1 is 1.35 bits per heavy atom. The highest BCUT2D eigenvalue weighted by molar-refractivity contribution is 5.73. The molecular weight excluding hydrogens is 252 g/mol. The molecule has 0 spiro atoms. The summed E-state index contributed by atoms with van der Waals surface area (Å²) in [5.41, 5.74) is 9.01. The number of nitrogens with two attached hydrogens (primary N) is 1. The lowest BCUT2D eigenvalue weighted by atomic mass is 9.81. The molecule has 0 saturated heterocycles. The highest BCUT2D eigenvalue weighted by Gasteiger charge is 2.22. The van der Waals surface area contributed by atoms with Crippen molar-refractivity contribution in [2.45, 2.75) is 51.6 Å². The van der Waals surface area contributed by atoms with Crippen molar-refractivity contribution in [3.05, 3.63) is 34.3 Å². The molecule has 20 heavy (non-hydrogen) atoms. The van der Waals surface area contributed by atoms with Gasteiger partial charge in [-0.25, -0.2) is 4.79 Å². The molecule has 108 valence electrons. The second kappa shape index (κ2) is 5.44. The largest absolute Gasteiger partial charge is 0.419 e. The smallest absolute Gasteiger partial charge is 0.408 e. The fourth-order valence-corrected chi connectivity index (χ4v) is 3.36. The van der Waals surface area contributed by atoms with E-state index < -0.39 is 0 Å². The van der Waals surface area contributed by atoms with Crippen molar-refractivity contribution >= 4 is 11.1 Å². The number of nitrogens with zero attached hydrogens (tertiary/aromatic N) is 1. The van der Waals surface area contributed by atoms with Gasteiger partial charge >= 0.3 is 5.76 Å². The van der Waals surface area contributed by atoms with Gasteiger partial charge in [-0.3, -0.25) is 4.57 Å². The minimum Gasteiger partial charge on any atom is -0.408 e. The van der Waals surface area contributed by atoms with Crippen LogP contribution in [0.3, 0.4) is 0 Å². The fraction of sp³-hybridized carbons (Fsp3) is 0.562. The lowest BCUT2D eigenvalue weighted by molar-refractivity contribution is 0.308. The van der Waals surface area contributed by atoms with Gasteiger partial charge in [0.2, 0.25) is 0 Å². The van der Waals surface area contributed by atoms with E-state index in [2.05, 4.69) is 0 Å². The van der Waals surface area contributed by atoms with Crippen LogP contribution in [0.2, 0.25) is 0 Å². The summed E-state index contributed by atoms with van der Waals surface area (Å²) < 4.78 is 6.96. The van der Waals surface area contributed by atoms with Crippen LogP contribution in [0.5, 0.6) is 0 Å². The first-order chi connectivity index (χ1) is 9.70. The van der Waals surface area contributed by atoms with Crippen LogP contribution < -0.4 is 11.5 Å². The Morgan fingerprint density at radius 3 is 2.80 bits per heavy atom. The normalized spacial score (nSPS) is 18.5.